The lowest BCUT2D eigenvalue weighted by Gasteiger charge is -2.40. The predicted octanol–water partition coefficient (Wildman–Crippen LogP) is 3.29. The van der Waals surface area contributed by atoms with E-state index in [0.717, 1.165) is 32.6 Å². The Morgan fingerprint density at radius 3 is 2.34 bits per heavy atom. The Labute approximate surface area is 173 Å². The van der Waals surface area contributed by atoms with E-state index in [4.69, 9.17) is 9.47 Å². The molecule has 1 saturated carbocycles. The normalized spacial score (nSPS) is 20.9. The Kier molecular flexibility index (Phi) is 6.70. The average Bonchev–Trinajstić information content (AvgIpc) is 3.03. The summed E-state index contributed by atoms with van der Waals surface area (Å²) in [5, 5.41) is 0. The third-order valence-electron chi connectivity index (χ3n) is 6.39. The first-order valence-electron chi connectivity index (χ1n) is 11.2. The minimum absolute atomic E-state index is 0.0187. The minimum Gasteiger partial charge on any atom is -0.490 e. The first-order chi connectivity index (χ1) is 14.2. The molecular formula is C23H32N2O4. The highest BCUT2D eigenvalue weighted by molar-refractivity contribution is 5.98. The maximum absolute atomic E-state index is 12.6. The molecule has 0 atom stereocenters. The van der Waals surface area contributed by atoms with Gasteiger partial charge in [-0.25, -0.2) is 0 Å². The first kappa shape index (κ1) is 20.2. The van der Waals surface area contributed by atoms with E-state index in [0.29, 0.717) is 36.3 Å². The second-order valence-electron chi connectivity index (χ2n) is 8.34. The summed E-state index contributed by atoms with van der Waals surface area (Å²) in [5.74, 6) is 1.38. The third-order valence-corrected chi connectivity index (χ3v) is 6.39. The molecule has 0 bridgehead atoms. The number of ketones is 1. The van der Waals surface area contributed by atoms with Gasteiger partial charge in [-0.05, 0) is 31.0 Å². The van der Waals surface area contributed by atoms with E-state index in [9.17, 15) is 9.59 Å². The molecule has 2 heterocycles. The predicted molar refractivity (Wildman–Crippen MR) is 111 cm³/mol. The summed E-state index contributed by atoms with van der Waals surface area (Å²) in [7, 11) is 0. The zero-order chi connectivity index (χ0) is 20.1. The number of ether oxygens (including phenoxy) is 2. The quantitative estimate of drug-likeness (QED) is 0.710. The molecule has 0 unspecified atom stereocenters. The van der Waals surface area contributed by atoms with E-state index < -0.39 is 0 Å². The molecule has 1 amide bonds. The second kappa shape index (κ2) is 9.61. The fraction of sp³-hybridized carbons (Fsp3) is 0.652. The molecule has 0 spiro atoms. The van der Waals surface area contributed by atoms with Crippen molar-refractivity contribution < 1.29 is 19.1 Å². The van der Waals surface area contributed by atoms with Gasteiger partial charge < -0.3 is 14.4 Å². The lowest BCUT2D eigenvalue weighted by Crippen LogP contribution is -2.52. The summed E-state index contributed by atoms with van der Waals surface area (Å²) >= 11 is 0. The molecule has 0 aromatic heterocycles. The second-order valence-corrected chi connectivity index (χ2v) is 8.34. The molecule has 3 aliphatic rings. The van der Waals surface area contributed by atoms with Gasteiger partial charge in [0.2, 0.25) is 5.91 Å². The van der Waals surface area contributed by atoms with Crippen molar-refractivity contribution in [2.75, 3.05) is 39.4 Å². The number of amides is 1. The van der Waals surface area contributed by atoms with Crippen LogP contribution in [0.15, 0.2) is 18.2 Å². The molecule has 1 saturated heterocycles. The molecule has 0 N–H and O–H groups in total. The zero-order valence-corrected chi connectivity index (χ0v) is 17.2. The van der Waals surface area contributed by atoms with E-state index in [1.165, 1.54) is 32.1 Å². The van der Waals surface area contributed by atoms with E-state index in [1.54, 1.807) is 18.2 Å². The van der Waals surface area contributed by atoms with Crippen molar-refractivity contribution in [2.45, 2.75) is 57.4 Å². The number of nitrogens with zero attached hydrogens (tertiary/aromatic N) is 2. The maximum Gasteiger partial charge on any atom is 0.223 e. The highest BCUT2D eigenvalue weighted by Gasteiger charge is 2.27. The van der Waals surface area contributed by atoms with Crippen LogP contribution in [0.5, 0.6) is 11.5 Å². The SMILES string of the molecule is O=C(CCC(=O)N1CCN(C2CCCCC2)CC1)c1ccc2c(c1)OCCCO2. The van der Waals surface area contributed by atoms with E-state index in [1.807, 2.05) is 4.90 Å². The van der Waals surface area contributed by atoms with Gasteiger partial charge in [-0.3, -0.25) is 14.5 Å². The van der Waals surface area contributed by atoms with E-state index in [-0.39, 0.29) is 24.5 Å². The van der Waals surface area contributed by atoms with Crippen molar-refractivity contribution in [1.82, 2.24) is 9.80 Å². The summed E-state index contributed by atoms with van der Waals surface area (Å²) in [6.45, 7) is 4.72. The van der Waals surface area contributed by atoms with Gasteiger partial charge in [0.1, 0.15) is 0 Å². The number of carbonyl (C=O) groups excluding carboxylic acids is 2. The number of rotatable bonds is 5. The number of hydrogen-bond donors (Lipinski definition) is 0. The molecule has 158 valence electrons. The number of piperazine rings is 1. The van der Waals surface area contributed by atoms with Crippen LogP contribution < -0.4 is 9.47 Å². The molecule has 1 aromatic carbocycles. The van der Waals surface area contributed by atoms with Crippen molar-refractivity contribution in [3.63, 3.8) is 0 Å². The summed E-state index contributed by atoms with van der Waals surface area (Å²) in [6, 6.07) is 6.02. The van der Waals surface area contributed by atoms with Crippen molar-refractivity contribution >= 4 is 11.7 Å². The first-order valence-corrected chi connectivity index (χ1v) is 11.2. The van der Waals surface area contributed by atoms with Gasteiger partial charge in [-0.15, -0.1) is 0 Å². The monoisotopic (exact) mass is 400 g/mol. The van der Waals surface area contributed by atoms with Crippen LogP contribution in [0.25, 0.3) is 0 Å². The number of hydrogen-bond acceptors (Lipinski definition) is 5. The molecule has 29 heavy (non-hydrogen) atoms. The van der Waals surface area contributed by atoms with Crippen LogP contribution in [-0.2, 0) is 4.79 Å². The molecule has 4 rings (SSSR count). The average molecular weight is 401 g/mol. The third kappa shape index (κ3) is 5.10. The Hall–Kier alpha value is -2.08. The van der Waals surface area contributed by atoms with Crippen LogP contribution >= 0.6 is 0 Å². The largest absolute Gasteiger partial charge is 0.490 e. The van der Waals surface area contributed by atoms with Gasteiger partial charge in [-0.1, -0.05) is 19.3 Å². The summed E-state index contributed by atoms with van der Waals surface area (Å²) < 4.78 is 11.3. The fourth-order valence-electron chi connectivity index (χ4n) is 4.64. The van der Waals surface area contributed by atoms with Crippen LogP contribution in [0.3, 0.4) is 0 Å². The molecule has 2 aliphatic heterocycles. The van der Waals surface area contributed by atoms with Crippen LogP contribution in [0.2, 0.25) is 0 Å². The smallest absolute Gasteiger partial charge is 0.223 e. The van der Waals surface area contributed by atoms with E-state index in [2.05, 4.69) is 4.90 Å². The molecule has 1 aromatic rings. The highest BCUT2D eigenvalue weighted by Crippen LogP contribution is 2.31. The molecule has 1 aliphatic carbocycles. The van der Waals surface area contributed by atoms with E-state index >= 15 is 0 Å². The number of carbonyl (C=O) groups is 2. The molecule has 0 radical (unpaired) electrons. The van der Waals surface area contributed by atoms with Gasteiger partial charge in [0, 0.05) is 57.0 Å². The molecule has 6 nitrogen and oxygen atoms in total. The Balaban J connectivity index is 1.24. The fourth-order valence-corrected chi connectivity index (χ4v) is 4.64. The van der Waals surface area contributed by atoms with Gasteiger partial charge in [-0.2, -0.15) is 0 Å². The number of fused-ring (bicyclic) bond motifs is 1. The minimum atomic E-state index is -0.0187. The van der Waals surface area contributed by atoms with Crippen LogP contribution in [-0.4, -0.2) is 66.9 Å². The summed E-state index contributed by atoms with van der Waals surface area (Å²) in [4.78, 5) is 29.7. The Morgan fingerprint density at radius 1 is 0.862 bits per heavy atom. The van der Waals surface area contributed by atoms with Gasteiger partial charge in [0.25, 0.3) is 0 Å². The highest BCUT2D eigenvalue weighted by atomic mass is 16.5. The van der Waals surface area contributed by atoms with Crippen LogP contribution in [0.4, 0.5) is 0 Å². The van der Waals surface area contributed by atoms with Gasteiger partial charge in [0.15, 0.2) is 17.3 Å². The lowest BCUT2D eigenvalue weighted by molar-refractivity contribution is -0.133. The van der Waals surface area contributed by atoms with Crippen LogP contribution in [0, 0.1) is 0 Å². The standard InChI is InChI=1S/C23H32N2O4/c26-20(18-7-9-21-22(17-18)29-16-4-15-28-21)8-10-23(27)25-13-11-24(12-14-25)19-5-2-1-3-6-19/h7,9,17,19H,1-6,8,10-16H2. The van der Waals surface area contributed by atoms with Crippen molar-refractivity contribution in [1.29, 1.82) is 0 Å². The Bertz CT molecular complexity index is 722. The zero-order valence-electron chi connectivity index (χ0n) is 17.2. The van der Waals surface area contributed by atoms with Crippen molar-refractivity contribution in [3.8, 4) is 11.5 Å². The molecule has 6 heteroatoms. The Morgan fingerprint density at radius 2 is 1.59 bits per heavy atom. The molecule has 2 fully saturated rings. The van der Waals surface area contributed by atoms with Crippen LogP contribution in [0.1, 0.15) is 61.7 Å². The van der Waals surface area contributed by atoms with Crippen molar-refractivity contribution in [2.24, 2.45) is 0 Å². The maximum atomic E-state index is 12.6. The topological polar surface area (TPSA) is 59.1 Å². The summed E-state index contributed by atoms with van der Waals surface area (Å²) in [6.07, 6.45) is 8.00. The molecular weight excluding hydrogens is 368 g/mol. The lowest BCUT2D eigenvalue weighted by atomic mass is 9.94. The van der Waals surface area contributed by atoms with Crippen molar-refractivity contribution in [3.05, 3.63) is 23.8 Å². The van der Waals surface area contributed by atoms with Gasteiger partial charge in [0.05, 0.1) is 13.2 Å². The summed E-state index contributed by atoms with van der Waals surface area (Å²) in [5.41, 5.74) is 0.587. The van der Waals surface area contributed by atoms with Gasteiger partial charge >= 0.3 is 0 Å². The number of benzene rings is 1. The number of Topliss-reactive ketones (excluding diaryl/α,β-unsaturated/α-hetero) is 1.